The van der Waals surface area contributed by atoms with Crippen LogP contribution in [0.25, 0.3) is 0 Å². The van der Waals surface area contributed by atoms with Crippen LogP contribution in [0.3, 0.4) is 0 Å². The van der Waals surface area contributed by atoms with E-state index in [-0.39, 0.29) is 6.04 Å². The van der Waals surface area contributed by atoms with Crippen LogP contribution < -0.4 is 20.1 Å². The Morgan fingerprint density at radius 3 is 2.42 bits per heavy atom. The molecule has 2 N–H and O–H groups in total. The number of methoxy groups -OCH3 is 2. The zero-order valence-electron chi connectivity index (χ0n) is 15.2. The molecule has 0 spiro atoms. The van der Waals surface area contributed by atoms with Crippen molar-refractivity contribution in [2.24, 2.45) is 0 Å². The third kappa shape index (κ3) is 4.96. The van der Waals surface area contributed by atoms with Crippen molar-refractivity contribution in [2.45, 2.75) is 6.04 Å². The van der Waals surface area contributed by atoms with Crippen molar-refractivity contribution in [3.05, 3.63) is 40.6 Å². The number of anilines is 1. The minimum atomic E-state index is -0.735. The predicted molar refractivity (Wildman–Crippen MR) is 102 cm³/mol. The van der Waals surface area contributed by atoms with Gasteiger partial charge in [-0.25, -0.2) is 0 Å². The molecule has 0 aliphatic rings. The predicted octanol–water partition coefficient (Wildman–Crippen LogP) is 2.12. The van der Waals surface area contributed by atoms with Crippen LogP contribution in [0.4, 0.5) is 5.69 Å². The van der Waals surface area contributed by atoms with E-state index in [0.29, 0.717) is 23.7 Å². The van der Waals surface area contributed by atoms with Gasteiger partial charge >= 0.3 is 11.8 Å². The zero-order chi connectivity index (χ0) is 19.1. The van der Waals surface area contributed by atoms with Gasteiger partial charge in [0.15, 0.2) is 11.5 Å². The van der Waals surface area contributed by atoms with E-state index < -0.39 is 11.8 Å². The van der Waals surface area contributed by atoms with Crippen LogP contribution in [0.2, 0.25) is 0 Å². The average Bonchev–Trinajstić information content (AvgIpc) is 3.15. The number of thiophene rings is 1. The lowest BCUT2D eigenvalue weighted by Gasteiger charge is -2.23. The second kappa shape index (κ2) is 9.21. The molecule has 0 aliphatic heterocycles. The Kier molecular flexibility index (Phi) is 6.99. The molecule has 0 unspecified atom stereocenters. The maximum atomic E-state index is 12.1. The molecule has 1 heterocycles. The first-order valence-corrected chi connectivity index (χ1v) is 8.85. The molecule has 0 fully saturated rings. The lowest BCUT2D eigenvalue weighted by molar-refractivity contribution is -0.136. The Balaban J connectivity index is 1.96. The van der Waals surface area contributed by atoms with Crippen LogP contribution in [0.1, 0.15) is 10.9 Å². The summed E-state index contributed by atoms with van der Waals surface area (Å²) < 4.78 is 10.3. The van der Waals surface area contributed by atoms with E-state index >= 15 is 0 Å². The fourth-order valence-corrected chi connectivity index (χ4v) is 3.31. The second-order valence-electron chi connectivity index (χ2n) is 5.73. The maximum Gasteiger partial charge on any atom is 0.313 e. The summed E-state index contributed by atoms with van der Waals surface area (Å²) in [6, 6.07) is 8.87. The van der Waals surface area contributed by atoms with Crippen molar-refractivity contribution < 1.29 is 19.1 Å². The van der Waals surface area contributed by atoms with Crippen LogP contribution in [-0.2, 0) is 9.59 Å². The summed E-state index contributed by atoms with van der Waals surface area (Å²) in [6.45, 7) is 0.339. The fraction of sp³-hybridized carbons (Fsp3) is 0.333. The van der Waals surface area contributed by atoms with Gasteiger partial charge in [0.2, 0.25) is 0 Å². The average molecular weight is 377 g/mol. The number of nitrogens with one attached hydrogen (secondary N) is 2. The summed E-state index contributed by atoms with van der Waals surface area (Å²) in [6.07, 6.45) is 0. The maximum absolute atomic E-state index is 12.1. The van der Waals surface area contributed by atoms with E-state index in [9.17, 15) is 9.59 Å². The molecule has 8 heteroatoms. The molecular weight excluding hydrogens is 354 g/mol. The minimum absolute atomic E-state index is 0.00725. The molecule has 1 aromatic heterocycles. The molecule has 0 saturated heterocycles. The molecule has 140 valence electrons. The van der Waals surface area contributed by atoms with Gasteiger partial charge in [-0.2, -0.15) is 0 Å². The van der Waals surface area contributed by atoms with E-state index in [1.165, 1.54) is 14.2 Å². The van der Waals surface area contributed by atoms with Crippen molar-refractivity contribution in [1.29, 1.82) is 0 Å². The Morgan fingerprint density at radius 1 is 1.12 bits per heavy atom. The molecule has 2 rings (SSSR count). The largest absolute Gasteiger partial charge is 0.493 e. The summed E-state index contributed by atoms with van der Waals surface area (Å²) in [4.78, 5) is 27.4. The molecule has 2 amide bonds. The lowest BCUT2D eigenvalue weighted by atomic mass is 10.2. The molecule has 0 saturated carbocycles. The van der Waals surface area contributed by atoms with Crippen LogP contribution in [-0.4, -0.2) is 51.6 Å². The number of ether oxygens (including phenoxy) is 2. The number of likely N-dealkylation sites (N-methyl/N-ethyl adjacent to an activating group) is 1. The van der Waals surface area contributed by atoms with Gasteiger partial charge in [0.05, 0.1) is 20.3 Å². The Bertz CT molecular complexity index is 747. The SMILES string of the molecule is COc1ccc(NC(=O)C(=O)NC[C@H](c2cccs2)N(C)C)cc1OC. The van der Waals surface area contributed by atoms with Gasteiger partial charge in [0.1, 0.15) is 0 Å². The van der Waals surface area contributed by atoms with Gasteiger partial charge in [-0.15, -0.1) is 11.3 Å². The zero-order valence-corrected chi connectivity index (χ0v) is 16.1. The third-order valence-electron chi connectivity index (χ3n) is 3.80. The summed E-state index contributed by atoms with van der Waals surface area (Å²) in [7, 11) is 6.89. The van der Waals surface area contributed by atoms with Crippen molar-refractivity contribution in [1.82, 2.24) is 10.2 Å². The number of hydrogen-bond donors (Lipinski definition) is 2. The van der Waals surface area contributed by atoms with Crippen LogP contribution in [0.15, 0.2) is 35.7 Å². The first-order chi connectivity index (χ1) is 12.5. The van der Waals surface area contributed by atoms with Gasteiger partial charge in [-0.1, -0.05) is 6.07 Å². The van der Waals surface area contributed by atoms with Gasteiger partial charge in [-0.05, 0) is 37.7 Å². The first kappa shape index (κ1) is 19.7. The molecule has 0 bridgehead atoms. The lowest BCUT2D eigenvalue weighted by Crippen LogP contribution is -2.40. The molecule has 1 atom stereocenters. The van der Waals surface area contributed by atoms with Crippen LogP contribution in [0, 0.1) is 0 Å². The molecule has 0 radical (unpaired) electrons. The molecule has 26 heavy (non-hydrogen) atoms. The number of carbonyl (C=O) groups excluding carboxylic acids is 2. The van der Waals surface area contributed by atoms with Gasteiger partial charge in [-0.3, -0.25) is 9.59 Å². The summed E-state index contributed by atoms with van der Waals surface area (Å²) >= 11 is 1.61. The normalized spacial score (nSPS) is 11.7. The highest BCUT2D eigenvalue weighted by Gasteiger charge is 2.20. The van der Waals surface area contributed by atoms with Gasteiger partial charge < -0.3 is 25.0 Å². The third-order valence-corrected chi connectivity index (χ3v) is 4.77. The van der Waals surface area contributed by atoms with Crippen LogP contribution >= 0.6 is 11.3 Å². The summed E-state index contributed by atoms with van der Waals surface area (Å²) in [5.41, 5.74) is 0.449. The van der Waals surface area contributed by atoms with E-state index in [1.807, 2.05) is 36.5 Å². The number of carbonyl (C=O) groups is 2. The molecule has 0 aliphatic carbocycles. The Morgan fingerprint density at radius 2 is 1.85 bits per heavy atom. The minimum Gasteiger partial charge on any atom is -0.493 e. The number of rotatable bonds is 7. The number of amides is 2. The van der Waals surface area contributed by atoms with Crippen molar-refractivity contribution >= 4 is 28.8 Å². The number of nitrogens with zero attached hydrogens (tertiary/aromatic N) is 1. The van der Waals surface area contributed by atoms with Crippen molar-refractivity contribution in [2.75, 3.05) is 40.2 Å². The first-order valence-electron chi connectivity index (χ1n) is 7.97. The van der Waals surface area contributed by atoms with Crippen LogP contribution in [0.5, 0.6) is 11.5 Å². The van der Waals surface area contributed by atoms with E-state index in [1.54, 1.807) is 29.5 Å². The smallest absolute Gasteiger partial charge is 0.313 e. The summed E-state index contributed by atoms with van der Waals surface area (Å²) in [5, 5.41) is 7.22. The van der Waals surface area contributed by atoms with E-state index in [0.717, 1.165) is 4.88 Å². The van der Waals surface area contributed by atoms with Gasteiger partial charge in [0, 0.05) is 23.2 Å². The monoisotopic (exact) mass is 377 g/mol. The summed E-state index contributed by atoms with van der Waals surface area (Å²) in [5.74, 6) is -0.417. The quantitative estimate of drug-likeness (QED) is 0.723. The topological polar surface area (TPSA) is 79.9 Å². The number of hydrogen-bond acceptors (Lipinski definition) is 6. The van der Waals surface area contributed by atoms with Gasteiger partial charge in [0.25, 0.3) is 0 Å². The molecule has 7 nitrogen and oxygen atoms in total. The number of benzene rings is 1. The van der Waals surface area contributed by atoms with E-state index in [2.05, 4.69) is 10.6 Å². The van der Waals surface area contributed by atoms with E-state index in [4.69, 9.17) is 9.47 Å². The van der Waals surface area contributed by atoms with Crippen molar-refractivity contribution in [3.63, 3.8) is 0 Å². The molecule has 2 aromatic rings. The Labute approximate surface area is 156 Å². The Hall–Kier alpha value is -2.58. The van der Waals surface area contributed by atoms with Crippen molar-refractivity contribution in [3.8, 4) is 11.5 Å². The molecular formula is C18H23N3O4S. The highest BCUT2D eigenvalue weighted by Crippen LogP contribution is 2.29. The fourth-order valence-electron chi connectivity index (χ4n) is 2.39. The standard InChI is InChI=1S/C18H23N3O4S/c1-21(2)13(16-6-5-9-26-16)11-19-17(22)18(23)20-12-7-8-14(24-3)15(10-12)25-4/h5-10,13H,11H2,1-4H3,(H,19,22)(H,20,23)/t13-/m1/s1. The highest BCUT2D eigenvalue weighted by molar-refractivity contribution is 7.10. The molecule has 1 aromatic carbocycles. The second-order valence-corrected chi connectivity index (χ2v) is 6.71. The highest BCUT2D eigenvalue weighted by atomic mass is 32.1.